The van der Waals surface area contributed by atoms with E-state index in [1.165, 1.54) is 0 Å². The van der Waals surface area contributed by atoms with E-state index in [0.29, 0.717) is 6.92 Å². The summed E-state index contributed by atoms with van der Waals surface area (Å²) in [7, 11) is 0. The Labute approximate surface area is 54.7 Å². The van der Waals surface area contributed by atoms with Crippen LogP contribution in [0.3, 0.4) is 0 Å². The van der Waals surface area contributed by atoms with E-state index in [1.807, 2.05) is 0 Å². The normalized spacial score (nSPS) is 10.9. The topological polar surface area (TPSA) is 86.3 Å². The van der Waals surface area contributed by atoms with Crippen LogP contribution in [0.1, 0.15) is 6.92 Å². The Hall–Kier alpha value is -0.910. The quantitative estimate of drug-likeness (QED) is 0.190. The summed E-state index contributed by atoms with van der Waals surface area (Å²) in [5.41, 5.74) is 0. The van der Waals surface area contributed by atoms with Gasteiger partial charge in [0.1, 0.15) is 9.85 Å². The van der Waals surface area contributed by atoms with Gasteiger partial charge in [-0.05, 0) is 0 Å². The second-order valence-corrected chi connectivity index (χ2v) is 2.14. The molecular weight excluding hydrogens is 151 g/mol. The number of nitrogens with zero attached hydrogens (tertiary/aromatic N) is 2. The lowest BCUT2D eigenvalue weighted by molar-refractivity contribution is -0.761. The second-order valence-electron chi connectivity index (χ2n) is 1.42. The molecule has 0 fully saturated rings. The first-order valence-corrected chi connectivity index (χ1v) is 2.24. The van der Waals surface area contributed by atoms with Crippen molar-refractivity contribution in [2.24, 2.45) is 0 Å². The monoisotopic (exact) mass is 154 g/mol. The lowest BCUT2D eigenvalue weighted by Crippen LogP contribution is -2.36. The summed E-state index contributed by atoms with van der Waals surface area (Å²) in [4.78, 5) is 17.0. The van der Waals surface area contributed by atoms with E-state index in [0.717, 1.165) is 0 Å². The van der Waals surface area contributed by atoms with E-state index < -0.39 is 15.0 Å². The van der Waals surface area contributed by atoms with Crippen LogP contribution in [-0.2, 0) is 0 Å². The third-order valence-corrected chi connectivity index (χ3v) is 0.942. The first-order valence-electron chi connectivity index (χ1n) is 1.87. The van der Waals surface area contributed by atoms with Crippen molar-refractivity contribution >= 4 is 11.6 Å². The largest absolute Gasteiger partial charge is 0.534 e. The molecule has 0 aliphatic rings. The van der Waals surface area contributed by atoms with Crippen molar-refractivity contribution in [2.45, 2.75) is 12.0 Å². The molecule has 0 aromatic rings. The molecule has 0 aromatic heterocycles. The highest BCUT2D eigenvalue weighted by atomic mass is 35.5. The van der Waals surface area contributed by atoms with Gasteiger partial charge in [-0.15, -0.1) is 0 Å². The maximum atomic E-state index is 9.69. The van der Waals surface area contributed by atoms with Crippen LogP contribution in [0.5, 0.6) is 0 Å². The SMILES string of the molecule is CC(Cl)([N+](=O)[O-])[N+](=O)[O-]. The summed E-state index contributed by atoms with van der Waals surface area (Å²) in [5, 5.41) is 16.8. The fourth-order valence-corrected chi connectivity index (χ4v) is 0.0667. The van der Waals surface area contributed by atoms with Crippen molar-refractivity contribution in [3.8, 4) is 0 Å². The molecule has 9 heavy (non-hydrogen) atoms. The summed E-state index contributed by atoms with van der Waals surface area (Å²) in [5.74, 6) is 0. The van der Waals surface area contributed by atoms with Gasteiger partial charge < -0.3 is 0 Å². The predicted octanol–water partition coefficient (Wildman–Crippen LogP) is 0.452. The van der Waals surface area contributed by atoms with Crippen LogP contribution in [-0.4, -0.2) is 15.0 Å². The smallest absolute Gasteiger partial charge is 0.257 e. The minimum absolute atomic E-state index is 0.703. The fourth-order valence-electron chi connectivity index (χ4n) is 0.0667. The van der Waals surface area contributed by atoms with Gasteiger partial charge in [0.2, 0.25) is 0 Å². The Morgan fingerprint density at radius 3 is 1.56 bits per heavy atom. The Morgan fingerprint density at radius 1 is 1.33 bits per heavy atom. The fraction of sp³-hybridized carbons (Fsp3) is 1.00. The average molecular weight is 155 g/mol. The Morgan fingerprint density at radius 2 is 1.56 bits per heavy atom. The number of alkyl halides is 1. The summed E-state index contributed by atoms with van der Waals surface area (Å²) in [6, 6.07) is 0. The molecule has 0 heterocycles. The van der Waals surface area contributed by atoms with Crippen LogP contribution in [0.15, 0.2) is 0 Å². The van der Waals surface area contributed by atoms with E-state index in [4.69, 9.17) is 11.6 Å². The van der Waals surface area contributed by atoms with Gasteiger partial charge >= 0.3 is 5.12 Å². The zero-order valence-electron chi connectivity index (χ0n) is 4.41. The molecule has 0 N–H and O–H groups in total. The van der Waals surface area contributed by atoms with Gasteiger partial charge in [0.25, 0.3) is 0 Å². The average Bonchev–Trinajstić information content (AvgIpc) is 1.65. The molecule has 6 nitrogen and oxygen atoms in total. The lowest BCUT2D eigenvalue weighted by Gasteiger charge is -2.01. The molecule has 7 heteroatoms. The van der Waals surface area contributed by atoms with Crippen molar-refractivity contribution in [2.75, 3.05) is 0 Å². The van der Waals surface area contributed by atoms with E-state index in [2.05, 4.69) is 0 Å². The molecule has 52 valence electrons. The maximum Gasteiger partial charge on any atom is 0.534 e. The number of halogens is 1. The number of hydrogen-bond acceptors (Lipinski definition) is 4. The highest BCUT2D eigenvalue weighted by Crippen LogP contribution is 2.13. The van der Waals surface area contributed by atoms with Crippen LogP contribution in [0.2, 0.25) is 0 Å². The minimum atomic E-state index is -2.58. The highest BCUT2D eigenvalue weighted by Gasteiger charge is 2.48. The maximum absolute atomic E-state index is 9.69. The molecule has 0 aliphatic carbocycles. The van der Waals surface area contributed by atoms with Crippen LogP contribution in [0, 0.1) is 20.2 Å². The van der Waals surface area contributed by atoms with Crippen molar-refractivity contribution in [3.05, 3.63) is 20.2 Å². The van der Waals surface area contributed by atoms with Gasteiger partial charge in [0.15, 0.2) is 0 Å². The van der Waals surface area contributed by atoms with Crippen LogP contribution < -0.4 is 0 Å². The highest BCUT2D eigenvalue weighted by molar-refractivity contribution is 6.21. The predicted molar refractivity (Wildman–Crippen MR) is 28.2 cm³/mol. The van der Waals surface area contributed by atoms with Crippen LogP contribution in [0.25, 0.3) is 0 Å². The van der Waals surface area contributed by atoms with Gasteiger partial charge in [0.05, 0.1) is 6.92 Å². The van der Waals surface area contributed by atoms with Crippen LogP contribution >= 0.6 is 11.6 Å². The standard InChI is InChI=1S/C2H3ClN2O4/c1-2(3,4(6)7)5(8)9/h1H3. The van der Waals surface area contributed by atoms with Gasteiger partial charge in [-0.1, -0.05) is 0 Å². The molecule has 0 rings (SSSR count). The zero-order valence-corrected chi connectivity index (χ0v) is 5.16. The summed E-state index contributed by atoms with van der Waals surface area (Å²) >= 11 is 4.81. The van der Waals surface area contributed by atoms with E-state index in [1.54, 1.807) is 0 Å². The molecule has 0 radical (unpaired) electrons. The number of hydrogen-bond donors (Lipinski definition) is 0. The zero-order chi connectivity index (χ0) is 7.65. The van der Waals surface area contributed by atoms with Crippen molar-refractivity contribution < 1.29 is 9.85 Å². The Balaban J connectivity index is 4.38. The molecule has 0 aromatic carbocycles. The molecule has 0 aliphatic heterocycles. The second kappa shape index (κ2) is 2.14. The lowest BCUT2D eigenvalue weighted by atomic mass is 10.6. The Kier molecular flexibility index (Phi) is 1.92. The minimum Gasteiger partial charge on any atom is -0.257 e. The molecule has 0 amide bonds. The van der Waals surface area contributed by atoms with Crippen molar-refractivity contribution in [3.63, 3.8) is 0 Å². The van der Waals surface area contributed by atoms with Gasteiger partial charge in [-0.2, -0.15) is 0 Å². The summed E-state index contributed by atoms with van der Waals surface area (Å²) in [6.07, 6.45) is 0. The van der Waals surface area contributed by atoms with Crippen molar-refractivity contribution in [1.29, 1.82) is 0 Å². The van der Waals surface area contributed by atoms with E-state index >= 15 is 0 Å². The molecule has 0 saturated heterocycles. The van der Waals surface area contributed by atoms with Gasteiger partial charge in [-0.25, -0.2) is 0 Å². The van der Waals surface area contributed by atoms with Crippen molar-refractivity contribution in [1.82, 2.24) is 0 Å². The molecule has 0 bridgehead atoms. The summed E-state index contributed by atoms with van der Waals surface area (Å²) in [6.45, 7) is 0.703. The molecule has 0 unspecified atom stereocenters. The molecule has 0 atom stereocenters. The first-order chi connectivity index (χ1) is 3.89. The Bertz CT molecular complexity index is 139. The van der Waals surface area contributed by atoms with Gasteiger partial charge in [0, 0.05) is 11.6 Å². The molecule has 0 saturated carbocycles. The third kappa shape index (κ3) is 1.49. The molecule has 0 spiro atoms. The molecular formula is C2H3ClN2O4. The number of nitro groups is 2. The van der Waals surface area contributed by atoms with E-state index in [9.17, 15) is 20.2 Å². The van der Waals surface area contributed by atoms with E-state index in [-0.39, 0.29) is 0 Å². The third-order valence-electron chi connectivity index (χ3n) is 0.666. The van der Waals surface area contributed by atoms with Crippen LogP contribution in [0.4, 0.5) is 0 Å². The summed E-state index contributed by atoms with van der Waals surface area (Å²) < 4.78 is 0. The van der Waals surface area contributed by atoms with Gasteiger partial charge in [-0.3, -0.25) is 20.2 Å². The first kappa shape index (κ1) is 8.09. The number of rotatable bonds is 2.